The lowest BCUT2D eigenvalue weighted by Gasteiger charge is -2.36. The van der Waals surface area contributed by atoms with E-state index in [4.69, 9.17) is 56.2 Å². The lowest BCUT2D eigenvalue weighted by molar-refractivity contribution is -0.133. The van der Waals surface area contributed by atoms with E-state index in [1.165, 1.54) is 103 Å². The number of para-hydroxylation sites is 6. The summed E-state index contributed by atoms with van der Waals surface area (Å²) >= 11 is 6.11. The number of rotatable bonds is 22. The summed E-state index contributed by atoms with van der Waals surface area (Å²) in [6.45, 7) is 17.5. The summed E-state index contributed by atoms with van der Waals surface area (Å²) in [7, 11) is 0. The van der Waals surface area contributed by atoms with Crippen LogP contribution in [0.15, 0.2) is 200 Å². The number of anilines is 10. The maximum Gasteiger partial charge on any atom is 0.319 e. The van der Waals surface area contributed by atoms with Crippen LogP contribution in [0.3, 0.4) is 0 Å². The third kappa shape index (κ3) is 22.3. The molecule has 8 aliphatic rings. The van der Waals surface area contributed by atoms with Gasteiger partial charge in [-0.1, -0.05) is 148 Å². The number of hydrogen-bond donors (Lipinski definition) is 7. The Hall–Kier alpha value is -13.2. The number of benzene rings is 8. The number of ether oxygens (including phenoxy) is 1. The number of Topliss-reactive ketones (excluding diaryl/α,β-unsaturated/α-hetero) is 1. The van der Waals surface area contributed by atoms with E-state index in [0.29, 0.717) is 86.7 Å². The van der Waals surface area contributed by atoms with Gasteiger partial charge in [0.25, 0.3) is 11.8 Å². The number of nitrogens with one attached hydrogen (secondary N) is 7. The van der Waals surface area contributed by atoms with Crippen LogP contribution in [-0.2, 0) is 4.79 Å². The fourth-order valence-electron chi connectivity index (χ4n) is 19.2. The monoisotopic (exact) mass is 1790 g/mol. The Morgan fingerprint density at radius 3 is 1.23 bits per heavy atom. The Kier molecular flexibility index (Phi) is 29.0. The minimum Gasteiger partial charge on any atom is -0.482 e. The summed E-state index contributed by atoms with van der Waals surface area (Å²) in [6, 6.07) is 65.5. The van der Waals surface area contributed by atoms with E-state index in [1.54, 1.807) is 19.1 Å². The number of carbonyl (C=O) groups excluding carboxylic acids is 4. The Morgan fingerprint density at radius 2 is 0.795 bits per heavy atom. The molecule has 8 aromatic carbocycles. The van der Waals surface area contributed by atoms with Gasteiger partial charge in [0.2, 0.25) is 23.8 Å². The summed E-state index contributed by atoms with van der Waals surface area (Å²) in [5.74, 6) is 7.51. The number of aryl methyl sites for hydroxylation is 1. The van der Waals surface area contributed by atoms with E-state index >= 15 is 0 Å². The lowest BCUT2D eigenvalue weighted by atomic mass is 10.1. The van der Waals surface area contributed by atoms with Gasteiger partial charge in [0.15, 0.2) is 12.4 Å². The molecule has 29 heteroatoms. The standard InChI is InChI=1S/C27H35N7O.C26H28N6O.C25H28ClN5O2.C25H29N5O/c1-20-8-2-6-12-23(20)31-27(35)28-14-15-33-16-18-34(19-17-33)26-30-24-13-7-5-11-22(24)25(32-26)29-21-9-3-4-10-21;33-25(19-10-9-18-11-12-27-23(18)17-19)31-13-15-32(16-14-31)26-29-22-8-4-3-7-21(22)24(30-26)28-20-5-1-2-6-20;26-20-10-4-6-12-22(20)33-17-23(32)30-13-15-31(16-14-30)25-28-21-11-5-3-9-19(21)24(29-25)27-18-7-1-2-8-18;1-18(31)19-10-12-21(13-11-19)29-14-16-30(17-15-29)25-27-23-9-5-4-8-22(23)24(28-25)26-20-6-2-3-7-20/h2,5-8,11-13,21H,3-4,9-10,14-19H2,1H3,(H2,28,31,35)(H,29,30,32);3-4,7-12,17,20,27H,1-2,5-6,13-16H2,(H,28,29,30);3-6,9-12,18H,1-2,7-8,13-17H2,(H,27,28,29);4-5,8-13,20H,2-3,6-7,14-17H2,1H3,(H,26,27,28). The van der Waals surface area contributed by atoms with Gasteiger partial charge in [-0.25, -0.2) is 24.7 Å². The van der Waals surface area contributed by atoms with Crippen molar-refractivity contribution in [2.45, 2.75) is 141 Å². The van der Waals surface area contributed by atoms with E-state index in [0.717, 1.165) is 196 Å². The number of H-pyrrole nitrogens is 1. The molecule has 8 fully saturated rings. The fourth-order valence-corrected chi connectivity index (χ4v) is 19.4. The first-order valence-electron chi connectivity index (χ1n) is 47.6. The average Bonchev–Trinajstić information content (AvgIpc) is 1.12. The molecule has 5 aromatic heterocycles. The topological polar surface area (TPSA) is 295 Å². The number of aromatic nitrogens is 9. The first-order valence-corrected chi connectivity index (χ1v) is 48.0. The number of aromatic amines is 1. The smallest absolute Gasteiger partial charge is 0.319 e. The van der Waals surface area contributed by atoms with Gasteiger partial charge in [-0.05, 0) is 185 Å². The molecule has 28 nitrogen and oxygen atoms in total. The predicted molar refractivity (Wildman–Crippen MR) is 532 cm³/mol. The SMILES string of the molecule is CC(=O)c1ccc(N2CCN(c3nc(NC4CCCC4)c4ccccc4n3)CC2)cc1.Cc1ccccc1NC(=O)NCCN1CCN(c2nc(NC3CCCC3)c3ccccc3n2)CC1.O=C(COc1ccccc1Cl)N1CCN(c2nc(NC3CCCC3)c3ccccc3n2)CC1.O=C(c1ccc2cc[nH]c2c1)N1CCN(c2nc(NC3CCCC3)c3ccccc3n2)CC1. The van der Waals surface area contributed by atoms with Crippen molar-refractivity contribution < 1.29 is 23.9 Å². The zero-order valence-corrected chi connectivity index (χ0v) is 76.4. The highest BCUT2D eigenvalue weighted by Gasteiger charge is 2.31. The second kappa shape index (κ2) is 42.8. The van der Waals surface area contributed by atoms with Gasteiger partial charge in [0.1, 0.15) is 29.0 Å². The number of carbonyl (C=O) groups is 4. The van der Waals surface area contributed by atoms with Crippen molar-refractivity contribution >= 4 is 148 Å². The summed E-state index contributed by atoms with van der Waals surface area (Å²) in [4.78, 5) is 109. The maximum absolute atomic E-state index is 13.1. The highest BCUT2D eigenvalue weighted by atomic mass is 35.5. The first kappa shape index (κ1) is 89.4. The summed E-state index contributed by atoms with van der Waals surface area (Å²) < 4.78 is 5.62. The fraction of sp³-hybridized carbons (Fsp3) is 0.398. The van der Waals surface area contributed by atoms with Crippen LogP contribution in [0, 0.1) is 6.92 Å². The largest absolute Gasteiger partial charge is 0.482 e. The third-order valence-corrected chi connectivity index (χ3v) is 27.2. The van der Waals surface area contributed by atoms with Crippen molar-refractivity contribution in [1.82, 2.24) is 64.9 Å². The number of ketones is 1. The van der Waals surface area contributed by atoms with Crippen LogP contribution in [0.1, 0.15) is 136 Å². The van der Waals surface area contributed by atoms with E-state index in [-0.39, 0.29) is 30.2 Å². The molecule has 0 spiro atoms. The van der Waals surface area contributed by atoms with Crippen LogP contribution in [-0.4, -0.2) is 232 Å². The molecule has 4 aliphatic heterocycles. The van der Waals surface area contributed by atoms with Gasteiger partial charge in [-0.3, -0.25) is 19.3 Å². The Morgan fingerprint density at radius 1 is 0.409 bits per heavy atom. The number of amides is 4. The third-order valence-electron chi connectivity index (χ3n) is 26.9. The molecule has 684 valence electrons. The van der Waals surface area contributed by atoms with Crippen LogP contribution in [0.2, 0.25) is 5.02 Å². The van der Waals surface area contributed by atoms with Gasteiger partial charge < -0.3 is 75.9 Å². The van der Waals surface area contributed by atoms with Crippen LogP contribution in [0.5, 0.6) is 5.75 Å². The zero-order valence-electron chi connectivity index (χ0n) is 75.7. The normalized spacial score (nSPS) is 17.1. The van der Waals surface area contributed by atoms with Crippen molar-refractivity contribution in [2.24, 2.45) is 0 Å². The second-order valence-electron chi connectivity index (χ2n) is 35.8. The molecule has 0 bridgehead atoms. The number of hydrogen-bond acceptors (Lipinski definition) is 23. The Balaban J connectivity index is 0.000000118. The average molecular weight is 1800 g/mol. The Labute approximate surface area is 776 Å². The number of piperazine rings is 4. The van der Waals surface area contributed by atoms with Gasteiger partial charge in [0.05, 0.1) is 27.1 Å². The van der Waals surface area contributed by atoms with Crippen molar-refractivity contribution in [3.8, 4) is 5.75 Å². The van der Waals surface area contributed by atoms with Crippen LogP contribution < -0.4 is 61.1 Å². The summed E-state index contributed by atoms with van der Waals surface area (Å²) in [6.07, 6.45) is 21.8. The molecule has 4 aliphatic carbocycles. The predicted octanol–water partition coefficient (Wildman–Crippen LogP) is 17.5. The zero-order chi connectivity index (χ0) is 90.1. The quantitative estimate of drug-likeness (QED) is 0.0310. The molecule has 21 rings (SSSR count). The number of halogens is 1. The molecule has 132 heavy (non-hydrogen) atoms. The molecule has 4 saturated heterocycles. The van der Waals surface area contributed by atoms with Gasteiger partial charge >= 0.3 is 6.03 Å². The van der Waals surface area contributed by atoms with Crippen molar-refractivity contribution in [3.63, 3.8) is 0 Å². The molecule has 0 atom stereocenters. The molecule has 7 N–H and O–H groups in total. The molecule has 13 aromatic rings. The second-order valence-corrected chi connectivity index (χ2v) is 36.2. The minimum absolute atomic E-state index is 0.0222. The number of nitrogens with zero attached hydrogens (tertiary/aromatic N) is 16. The van der Waals surface area contributed by atoms with Crippen LogP contribution in [0.25, 0.3) is 54.5 Å². The van der Waals surface area contributed by atoms with Crippen molar-refractivity contribution in [1.29, 1.82) is 0 Å². The molecule has 9 heterocycles. The Bertz CT molecular complexity index is 6130. The molecular formula is C103H120ClN23O5. The van der Waals surface area contributed by atoms with Crippen LogP contribution in [0.4, 0.5) is 63.2 Å². The lowest BCUT2D eigenvalue weighted by Crippen LogP contribution is -2.50. The highest BCUT2D eigenvalue weighted by molar-refractivity contribution is 6.32. The van der Waals surface area contributed by atoms with Gasteiger partial charge in [-0.15, -0.1) is 0 Å². The highest BCUT2D eigenvalue weighted by Crippen LogP contribution is 2.36. The van der Waals surface area contributed by atoms with Crippen molar-refractivity contribution in [2.75, 3.05) is 175 Å². The number of urea groups is 1. The van der Waals surface area contributed by atoms with E-state index in [1.807, 2.05) is 150 Å². The first-order chi connectivity index (χ1) is 64.7. The minimum atomic E-state index is -0.162. The van der Waals surface area contributed by atoms with Gasteiger partial charge in [0, 0.05) is 198 Å². The number of fused-ring (bicyclic) bond motifs is 5. The van der Waals surface area contributed by atoms with Crippen molar-refractivity contribution in [3.05, 3.63) is 222 Å². The molecule has 4 amide bonds. The summed E-state index contributed by atoms with van der Waals surface area (Å²) in [5.41, 5.74) is 9.42. The molecule has 0 radical (unpaired) electrons. The van der Waals surface area contributed by atoms with E-state index in [9.17, 15) is 19.2 Å². The molecular weight excluding hydrogens is 1670 g/mol. The summed E-state index contributed by atoms with van der Waals surface area (Å²) in [5, 5.41) is 26.6. The van der Waals surface area contributed by atoms with E-state index in [2.05, 4.69) is 121 Å². The van der Waals surface area contributed by atoms with E-state index < -0.39 is 0 Å². The molecule has 0 unspecified atom stereocenters. The van der Waals surface area contributed by atoms with Crippen LogP contribution >= 0.6 is 11.6 Å². The van der Waals surface area contributed by atoms with Gasteiger partial charge in [-0.2, -0.15) is 19.9 Å². The molecule has 4 saturated carbocycles. The maximum atomic E-state index is 13.1.